The second-order valence-corrected chi connectivity index (χ2v) is 4.23. The molecule has 1 unspecified atom stereocenters. The molecule has 0 aliphatic carbocycles. The fourth-order valence-electron chi connectivity index (χ4n) is 2.06. The van der Waals surface area contributed by atoms with Crippen molar-refractivity contribution in [2.24, 2.45) is 5.92 Å². The highest BCUT2D eigenvalue weighted by Crippen LogP contribution is 2.17. The Hall–Kier alpha value is -1.08. The van der Waals surface area contributed by atoms with Gasteiger partial charge in [-0.15, -0.1) is 0 Å². The van der Waals surface area contributed by atoms with Crippen molar-refractivity contribution in [3.8, 4) is 6.07 Å². The topological polar surface area (TPSA) is 53.3 Å². The van der Waals surface area contributed by atoms with E-state index in [4.69, 9.17) is 10.00 Å². The van der Waals surface area contributed by atoms with Crippen LogP contribution in [0.1, 0.15) is 32.6 Å². The molecular formula is C12H20N2O2. The first kappa shape index (κ1) is 13.0. The third-order valence-corrected chi connectivity index (χ3v) is 3.12. The Morgan fingerprint density at radius 1 is 1.56 bits per heavy atom. The number of nitriles is 1. The number of rotatable bonds is 4. The lowest BCUT2D eigenvalue weighted by Gasteiger charge is -2.32. The molecule has 1 saturated heterocycles. The Balaban J connectivity index is 2.46. The number of hydrogen-bond donors (Lipinski definition) is 0. The minimum Gasteiger partial charge on any atom is -0.381 e. The van der Waals surface area contributed by atoms with Gasteiger partial charge in [0.15, 0.2) is 0 Å². The van der Waals surface area contributed by atoms with Gasteiger partial charge < -0.3 is 9.64 Å². The second-order valence-electron chi connectivity index (χ2n) is 4.23. The Bertz CT molecular complexity index is 265. The fourth-order valence-corrected chi connectivity index (χ4v) is 2.06. The van der Waals surface area contributed by atoms with Crippen LogP contribution in [0.3, 0.4) is 0 Å². The van der Waals surface area contributed by atoms with Crippen LogP contribution < -0.4 is 0 Å². The first-order valence-electron chi connectivity index (χ1n) is 5.94. The lowest BCUT2D eigenvalue weighted by Crippen LogP contribution is -2.43. The maximum Gasteiger partial charge on any atom is 0.239 e. The van der Waals surface area contributed by atoms with Crippen molar-refractivity contribution in [2.75, 3.05) is 20.2 Å². The molecule has 1 atom stereocenters. The number of amides is 1. The third kappa shape index (κ3) is 3.21. The zero-order chi connectivity index (χ0) is 12.0. The summed E-state index contributed by atoms with van der Waals surface area (Å²) in [6.07, 6.45) is 3.58. The van der Waals surface area contributed by atoms with E-state index in [1.54, 1.807) is 12.0 Å². The van der Waals surface area contributed by atoms with Gasteiger partial charge in [0.25, 0.3) is 0 Å². The van der Waals surface area contributed by atoms with E-state index in [2.05, 4.69) is 6.07 Å². The molecule has 1 rings (SSSR count). The van der Waals surface area contributed by atoms with Gasteiger partial charge in [0, 0.05) is 20.2 Å². The molecule has 0 spiro atoms. The van der Waals surface area contributed by atoms with Crippen LogP contribution in [0.25, 0.3) is 0 Å². The summed E-state index contributed by atoms with van der Waals surface area (Å²) in [4.78, 5) is 13.8. The van der Waals surface area contributed by atoms with Gasteiger partial charge in [0.1, 0.15) is 5.92 Å². The first-order chi connectivity index (χ1) is 7.72. The smallest absolute Gasteiger partial charge is 0.239 e. The molecule has 4 nitrogen and oxygen atoms in total. The lowest BCUT2D eigenvalue weighted by molar-refractivity contribution is -0.136. The number of carbonyl (C=O) groups excluding carboxylic acids is 1. The Morgan fingerprint density at radius 2 is 2.19 bits per heavy atom. The zero-order valence-corrected chi connectivity index (χ0v) is 10.1. The van der Waals surface area contributed by atoms with Gasteiger partial charge >= 0.3 is 0 Å². The van der Waals surface area contributed by atoms with Crippen LogP contribution in [0, 0.1) is 17.2 Å². The van der Waals surface area contributed by atoms with Gasteiger partial charge in [0.05, 0.1) is 12.2 Å². The molecule has 0 aromatic carbocycles. The van der Waals surface area contributed by atoms with Crippen molar-refractivity contribution >= 4 is 5.91 Å². The van der Waals surface area contributed by atoms with Gasteiger partial charge in [-0.1, -0.05) is 13.3 Å². The van der Waals surface area contributed by atoms with E-state index < -0.39 is 5.92 Å². The summed E-state index contributed by atoms with van der Waals surface area (Å²) in [5, 5.41) is 8.93. The largest absolute Gasteiger partial charge is 0.381 e. The SMILES string of the molecule is CCCC(C#N)C(=O)N1CCC(OC)CC1. The quantitative estimate of drug-likeness (QED) is 0.728. The molecule has 4 heteroatoms. The highest BCUT2D eigenvalue weighted by atomic mass is 16.5. The first-order valence-corrected chi connectivity index (χ1v) is 5.94. The number of methoxy groups -OCH3 is 1. The minimum atomic E-state index is -0.455. The predicted octanol–water partition coefficient (Wildman–Crippen LogP) is 1.56. The van der Waals surface area contributed by atoms with Gasteiger partial charge in [-0.3, -0.25) is 4.79 Å². The Kier molecular flexibility index (Phi) is 5.27. The molecule has 1 amide bonds. The standard InChI is InChI=1S/C12H20N2O2/c1-3-4-10(9-13)12(15)14-7-5-11(16-2)6-8-14/h10-11H,3-8H2,1-2H3. The summed E-state index contributed by atoms with van der Waals surface area (Å²) in [6, 6.07) is 2.10. The summed E-state index contributed by atoms with van der Waals surface area (Å²) >= 11 is 0. The van der Waals surface area contributed by atoms with Gasteiger partial charge in [0.2, 0.25) is 5.91 Å². The Labute approximate surface area is 97.2 Å². The summed E-state index contributed by atoms with van der Waals surface area (Å²) in [5.41, 5.74) is 0. The van der Waals surface area contributed by atoms with Crippen LogP contribution in [0.4, 0.5) is 0 Å². The van der Waals surface area contributed by atoms with Crippen molar-refractivity contribution < 1.29 is 9.53 Å². The second kappa shape index (κ2) is 6.49. The summed E-state index contributed by atoms with van der Waals surface area (Å²) < 4.78 is 5.25. The summed E-state index contributed by atoms with van der Waals surface area (Å²) in [6.45, 7) is 3.44. The molecule has 1 aliphatic rings. The van der Waals surface area contributed by atoms with E-state index in [0.717, 1.165) is 32.4 Å². The predicted molar refractivity (Wildman–Crippen MR) is 60.6 cm³/mol. The number of hydrogen-bond acceptors (Lipinski definition) is 3. The highest BCUT2D eigenvalue weighted by Gasteiger charge is 2.27. The van der Waals surface area contributed by atoms with Crippen molar-refractivity contribution in [2.45, 2.75) is 38.7 Å². The molecule has 1 aliphatic heterocycles. The molecule has 0 N–H and O–H groups in total. The van der Waals surface area contributed by atoms with Crippen molar-refractivity contribution in [3.05, 3.63) is 0 Å². The Morgan fingerprint density at radius 3 is 2.62 bits per heavy atom. The molecule has 0 radical (unpaired) electrons. The summed E-state index contributed by atoms with van der Waals surface area (Å²) in [5.74, 6) is -0.456. The molecule has 0 aromatic rings. The number of piperidine rings is 1. The normalized spacial score (nSPS) is 19.2. The number of carbonyl (C=O) groups is 1. The fraction of sp³-hybridized carbons (Fsp3) is 0.833. The molecule has 16 heavy (non-hydrogen) atoms. The maximum absolute atomic E-state index is 12.0. The highest BCUT2D eigenvalue weighted by molar-refractivity contribution is 5.81. The van der Waals surface area contributed by atoms with Gasteiger partial charge in [-0.25, -0.2) is 0 Å². The molecule has 0 bridgehead atoms. The van der Waals surface area contributed by atoms with E-state index in [-0.39, 0.29) is 12.0 Å². The van der Waals surface area contributed by atoms with Crippen molar-refractivity contribution in [3.63, 3.8) is 0 Å². The molecule has 0 aromatic heterocycles. The molecule has 0 saturated carbocycles. The minimum absolute atomic E-state index is 0.00102. The molecular weight excluding hydrogens is 204 g/mol. The van der Waals surface area contributed by atoms with E-state index in [1.165, 1.54) is 0 Å². The monoisotopic (exact) mass is 224 g/mol. The lowest BCUT2D eigenvalue weighted by atomic mass is 10.0. The van der Waals surface area contributed by atoms with E-state index >= 15 is 0 Å². The van der Waals surface area contributed by atoms with Crippen LogP contribution >= 0.6 is 0 Å². The average molecular weight is 224 g/mol. The van der Waals surface area contributed by atoms with Crippen molar-refractivity contribution in [1.82, 2.24) is 4.90 Å². The molecule has 90 valence electrons. The van der Waals surface area contributed by atoms with Crippen LogP contribution in [0.15, 0.2) is 0 Å². The number of likely N-dealkylation sites (tertiary alicyclic amines) is 1. The van der Waals surface area contributed by atoms with Crippen LogP contribution in [-0.2, 0) is 9.53 Å². The van der Waals surface area contributed by atoms with Gasteiger partial charge in [-0.05, 0) is 19.3 Å². The summed E-state index contributed by atoms with van der Waals surface area (Å²) in [7, 11) is 1.71. The zero-order valence-electron chi connectivity index (χ0n) is 10.1. The van der Waals surface area contributed by atoms with Crippen LogP contribution in [-0.4, -0.2) is 37.1 Å². The molecule has 1 fully saturated rings. The number of ether oxygens (including phenoxy) is 1. The average Bonchev–Trinajstić information content (AvgIpc) is 2.35. The van der Waals surface area contributed by atoms with E-state index in [0.29, 0.717) is 6.42 Å². The molecule has 1 heterocycles. The van der Waals surface area contributed by atoms with E-state index in [9.17, 15) is 4.79 Å². The van der Waals surface area contributed by atoms with Crippen LogP contribution in [0.5, 0.6) is 0 Å². The number of nitrogens with zero attached hydrogens (tertiary/aromatic N) is 2. The van der Waals surface area contributed by atoms with Gasteiger partial charge in [-0.2, -0.15) is 5.26 Å². The third-order valence-electron chi connectivity index (χ3n) is 3.12. The van der Waals surface area contributed by atoms with Crippen LogP contribution in [0.2, 0.25) is 0 Å². The van der Waals surface area contributed by atoms with E-state index in [1.807, 2.05) is 6.92 Å². The van der Waals surface area contributed by atoms with Crippen molar-refractivity contribution in [1.29, 1.82) is 5.26 Å². The maximum atomic E-state index is 12.0.